The Kier molecular flexibility index (Phi) is 3.27. The number of nitrogens with zero attached hydrogens (tertiary/aromatic N) is 4. The number of aromatic nitrogens is 2. The topological polar surface area (TPSA) is 123 Å². The molecule has 0 aliphatic heterocycles. The third-order valence-electron chi connectivity index (χ3n) is 2.62. The van der Waals surface area contributed by atoms with Crippen LogP contribution in [0.2, 0.25) is 0 Å². The van der Waals surface area contributed by atoms with Crippen LogP contribution in [-0.4, -0.2) is 39.4 Å². The second-order valence-electron chi connectivity index (χ2n) is 3.73. The van der Waals surface area contributed by atoms with Crippen molar-refractivity contribution in [2.75, 3.05) is 18.0 Å². The molecule has 100 valence electrons. The molecule has 1 aromatic carbocycles. The van der Waals surface area contributed by atoms with Crippen LogP contribution in [0.25, 0.3) is 11.0 Å². The molecule has 0 bridgehead atoms. The van der Waals surface area contributed by atoms with E-state index in [2.05, 4.69) is 14.9 Å². The predicted octanol–water partition coefficient (Wildman–Crippen LogP) is 1.04. The van der Waals surface area contributed by atoms with Crippen LogP contribution in [0.1, 0.15) is 6.92 Å². The molecular formula is C10H10N4O5. The summed E-state index contributed by atoms with van der Waals surface area (Å²) in [7, 11) is 0. The van der Waals surface area contributed by atoms with Gasteiger partial charge in [-0.25, -0.2) is 4.63 Å². The first-order chi connectivity index (χ1) is 9.04. The van der Waals surface area contributed by atoms with Gasteiger partial charge in [0, 0.05) is 12.6 Å². The molecule has 0 saturated heterocycles. The summed E-state index contributed by atoms with van der Waals surface area (Å²) in [5.41, 5.74) is 0.391. The van der Waals surface area contributed by atoms with E-state index >= 15 is 0 Å². The number of carbonyl (C=O) groups is 1. The molecule has 0 fully saturated rings. The number of anilines is 1. The molecule has 2 aromatic rings. The highest BCUT2D eigenvalue weighted by molar-refractivity contribution is 5.94. The van der Waals surface area contributed by atoms with Gasteiger partial charge in [-0.05, 0) is 23.3 Å². The van der Waals surface area contributed by atoms with E-state index in [1.165, 1.54) is 17.0 Å². The first kappa shape index (κ1) is 12.7. The van der Waals surface area contributed by atoms with Gasteiger partial charge in [0.15, 0.2) is 5.52 Å². The summed E-state index contributed by atoms with van der Waals surface area (Å²) in [6.45, 7) is 1.94. The molecule has 1 aromatic heterocycles. The van der Waals surface area contributed by atoms with Crippen LogP contribution in [0.15, 0.2) is 16.8 Å². The zero-order chi connectivity index (χ0) is 14.0. The zero-order valence-electron chi connectivity index (χ0n) is 9.94. The second kappa shape index (κ2) is 4.88. The first-order valence-electron chi connectivity index (χ1n) is 5.41. The number of nitro benzene ring substituents is 1. The van der Waals surface area contributed by atoms with Gasteiger partial charge in [0.05, 0.1) is 10.6 Å². The van der Waals surface area contributed by atoms with Gasteiger partial charge >= 0.3 is 11.7 Å². The second-order valence-corrected chi connectivity index (χ2v) is 3.73. The maximum atomic E-state index is 10.8. The van der Waals surface area contributed by atoms with Crippen molar-refractivity contribution in [1.82, 2.24) is 10.3 Å². The highest BCUT2D eigenvalue weighted by atomic mass is 16.6. The summed E-state index contributed by atoms with van der Waals surface area (Å²) in [4.78, 5) is 22.5. The molecule has 1 heterocycles. The Labute approximate surface area is 106 Å². The Bertz CT molecular complexity index is 638. The van der Waals surface area contributed by atoms with Crippen molar-refractivity contribution < 1.29 is 19.5 Å². The van der Waals surface area contributed by atoms with Crippen LogP contribution in [0.4, 0.5) is 11.4 Å². The molecule has 2 rings (SSSR count). The van der Waals surface area contributed by atoms with Crippen molar-refractivity contribution in [3.63, 3.8) is 0 Å². The Balaban J connectivity index is 2.56. The highest BCUT2D eigenvalue weighted by Crippen LogP contribution is 2.30. The molecule has 19 heavy (non-hydrogen) atoms. The maximum Gasteiger partial charge on any atom is 0.323 e. The zero-order valence-corrected chi connectivity index (χ0v) is 9.94. The molecule has 0 radical (unpaired) electrons. The van der Waals surface area contributed by atoms with Gasteiger partial charge in [0.2, 0.25) is 5.52 Å². The lowest BCUT2D eigenvalue weighted by Gasteiger charge is -2.20. The molecule has 0 aliphatic carbocycles. The van der Waals surface area contributed by atoms with Gasteiger partial charge < -0.3 is 10.0 Å². The summed E-state index contributed by atoms with van der Waals surface area (Å²) >= 11 is 0. The number of carboxylic acid groups (broad SMARTS) is 1. The van der Waals surface area contributed by atoms with Crippen LogP contribution in [0.5, 0.6) is 0 Å². The van der Waals surface area contributed by atoms with Gasteiger partial charge in [-0.2, -0.15) is 0 Å². The monoisotopic (exact) mass is 266 g/mol. The lowest BCUT2D eigenvalue weighted by atomic mass is 10.2. The van der Waals surface area contributed by atoms with Gasteiger partial charge in [0.25, 0.3) is 0 Å². The SMILES string of the molecule is CCN(CC(=O)O)c1ccc([N+](=O)[O-])c2nonc12. The lowest BCUT2D eigenvalue weighted by molar-refractivity contribution is -0.383. The minimum Gasteiger partial charge on any atom is -0.480 e. The normalized spacial score (nSPS) is 10.6. The highest BCUT2D eigenvalue weighted by Gasteiger charge is 2.22. The fraction of sp³-hybridized carbons (Fsp3) is 0.300. The van der Waals surface area contributed by atoms with Gasteiger partial charge in [-0.1, -0.05) is 0 Å². The standard InChI is InChI=1S/C10H10N4O5/c1-2-13(5-8(15)16)6-3-4-7(14(17)18)10-9(6)11-19-12-10/h3-4H,2,5H2,1H3,(H,15,16). The Morgan fingerprint density at radius 1 is 1.47 bits per heavy atom. The van der Waals surface area contributed by atoms with E-state index in [-0.39, 0.29) is 23.3 Å². The molecule has 0 unspecified atom stereocenters. The molecule has 9 heteroatoms. The summed E-state index contributed by atoms with van der Waals surface area (Å²) in [5.74, 6) is -1.01. The number of non-ortho nitro benzene ring substituents is 1. The van der Waals surface area contributed by atoms with E-state index < -0.39 is 10.9 Å². The Morgan fingerprint density at radius 3 is 2.74 bits per heavy atom. The number of hydrogen-bond acceptors (Lipinski definition) is 7. The lowest BCUT2D eigenvalue weighted by Crippen LogP contribution is -2.29. The number of hydrogen-bond donors (Lipinski definition) is 1. The van der Waals surface area contributed by atoms with Crippen LogP contribution in [-0.2, 0) is 4.79 Å². The van der Waals surface area contributed by atoms with Crippen molar-refractivity contribution >= 4 is 28.4 Å². The molecule has 0 amide bonds. The van der Waals surface area contributed by atoms with E-state index in [9.17, 15) is 14.9 Å². The predicted molar refractivity (Wildman–Crippen MR) is 64.0 cm³/mol. The summed E-state index contributed by atoms with van der Waals surface area (Å²) < 4.78 is 4.52. The van der Waals surface area contributed by atoms with Crippen molar-refractivity contribution in [2.24, 2.45) is 0 Å². The van der Waals surface area contributed by atoms with Crippen LogP contribution < -0.4 is 4.90 Å². The number of fused-ring (bicyclic) bond motifs is 1. The van der Waals surface area contributed by atoms with Crippen molar-refractivity contribution in [1.29, 1.82) is 0 Å². The summed E-state index contributed by atoms with van der Waals surface area (Å²) in [6.07, 6.45) is 0. The van der Waals surface area contributed by atoms with Gasteiger partial charge in [-0.15, -0.1) is 0 Å². The van der Waals surface area contributed by atoms with Crippen molar-refractivity contribution in [3.05, 3.63) is 22.2 Å². The molecular weight excluding hydrogens is 256 g/mol. The van der Waals surface area contributed by atoms with E-state index in [0.29, 0.717) is 12.2 Å². The number of carboxylic acids is 1. The number of aliphatic carboxylic acids is 1. The largest absolute Gasteiger partial charge is 0.480 e. The fourth-order valence-corrected chi connectivity index (χ4v) is 1.77. The average Bonchev–Trinajstić information content (AvgIpc) is 2.83. The van der Waals surface area contributed by atoms with E-state index in [0.717, 1.165) is 0 Å². The van der Waals surface area contributed by atoms with E-state index in [1.54, 1.807) is 6.92 Å². The summed E-state index contributed by atoms with van der Waals surface area (Å²) in [6, 6.07) is 2.70. The fourth-order valence-electron chi connectivity index (χ4n) is 1.77. The van der Waals surface area contributed by atoms with Crippen LogP contribution >= 0.6 is 0 Å². The van der Waals surface area contributed by atoms with Crippen molar-refractivity contribution in [3.8, 4) is 0 Å². The maximum absolute atomic E-state index is 10.8. The average molecular weight is 266 g/mol. The van der Waals surface area contributed by atoms with E-state index in [4.69, 9.17) is 5.11 Å². The third-order valence-corrected chi connectivity index (χ3v) is 2.62. The molecule has 0 aliphatic rings. The van der Waals surface area contributed by atoms with Gasteiger partial charge in [0.1, 0.15) is 6.54 Å². The number of likely N-dealkylation sites (N-methyl/N-ethyl adjacent to an activating group) is 1. The molecule has 0 spiro atoms. The molecule has 9 nitrogen and oxygen atoms in total. The molecule has 0 atom stereocenters. The van der Waals surface area contributed by atoms with E-state index in [1.807, 2.05) is 0 Å². The minimum atomic E-state index is -1.01. The van der Waals surface area contributed by atoms with Crippen LogP contribution in [0, 0.1) is 10.1 Å². The first-order valence-corrected chi connectivity index (χ1v) is 5.41. The quantitative estimate of drug-likeness (QED) is 0.629. The molecule has 0 saturated carbocycles. The third kappa shape index (κ3) is 2.30. The number of nitro groups is 1. The number of benzene rings is 1. The van der Waals surface area contributed by atoms with Gasteiger partial charge in [-0.3, -0.25) is 14.9 Å². The Hall–Kier alpha value is -2.71. The minimum absolute atomic E-state index is 0.00587. The molecule has 1 N–H and O–H groups in total. The van der Waals surface area contributed by atoms with Crippen molar-refractivity contribution in [2.45, 2.75) is 6.92 Å². The Morgan fingerprint density at radius 2 is 2.16 bits per heavy atom. The smallest absolute Gasteiger partial charge is 0.323 e. The summed E-state index contributed by atoms with van der Waals surface area (Å²) in [5, 5.41) is 26.8. The number of rotatable bonds is 5. The van der Waals surface area contributed by atoms with Crippen LogP contribution in [0.3, 0.4) is 0 Å².